The number of carbonyl (C=O) groups excluding carboxylic acids is 1. The minimum atomic E-state index is -0.0121. The van der Waals surface area contributed by atoms with E-state index in [-0.39, 0.29) is 11.9 Å². The van der Waals surface area contributed by atoms with Crippen LogP contribution in [0.15, 0.2) is 77.7 Å². The Balaban J connectivity index is 1.45. The maximum atomic E-state index is 13.0. The van der Waals surface area contributed by atoms with E-state index in [4.69, 9.17) is 0 Å². The molecule has 0 saturated heterocycles. The van der Waals surface area contributed by atoms with Crippen molar-refractivity contribution in [3.8, 4) is 0 Å². The largest absolute Gasteiger partial charge is 0.345 e. The fourth-order valence-electron chi connectivity index (χ4n) is 3.90. The minimum Gasteiger partial charge on any atom is -0.345 e. The zero-order valence-corrected chi connectivity index (χ0v) is 17.7. The molecule has 0 saturated carbocycles. The summed E-state index contributed by atoms with van der Waals surface area (Å²) in [6, 6.07) is 24.9. The first kappa shape index (κ1) is 19.8. The van der Waals surface area contributed by atoms with Crippen molar-refractivity contribution >= 4 is 17.7 Å². The first-order chi connectivity index (χ1) is 14.2. The summed E-state index contributed by atoms with van der Waals surface area (Å²) in [7, 11) is 0. The van der Waals surface area contributed by atoms with Crippen LogP contribution in [0.1, 0.15) is 58.4 Å². The second kappa shape index (κ2) is 9.32. The van der Waals surface area contributed by atoms with Gasteiger partial charge < -0.3 is 5.32 Å². The molecule has 2 nitrogen and oxygen atoms in total. The summed E-state index contributed by atoms with van der Waals surface area (Å²) in [6.07, 6.45) is 4.89. The van der Waals surface area contributed by atoms with Crippen molar-refractivity contribution in [3.05, 3.63) is 101 Å². The summed E-state index contributed by atoms with van der Waals surface area (Å²) in [4.78, 5) is 14.0. The van der Waals surface area contributed by atoms with E-state index in [0.717, 1.165) is 22.6 Å². The van der Waals surface area contributed by atoms with Gasteiger partial charge in [0.2, 0.25) is 0 Å². The quantitative estimate of drug-likeness (QED) is 0.488. The summed E-state index contributed by atoms with van der Waals surface area (Å²) in [5.74, 6) is 0.845. The topological polar surface area (TPSA) is 29.1 Å². The Morgan fingerprint density at radius 1 is 0.931 bits per heavy atom. The predicted octanol–water partition coefficient (Wildman–Crippen LogP) is 6.35. The Morgan fingerprint density at radius 3 is 2.48 bits per heavy atom. The highest BCUT2D eigenvalue weighted by Crippen LogP contribution is 2.28. The molecule has 3 aromatic carbocycles. The van der Waals surface area contributed by atoms with Gasteiger partial charge in [-0.05, 0) is 67.0 Å². The molecular weight excluding hydrogens is 374 g/mol. The molecule has 1 N–H and O–H groups in total. The molecule has 0 aliphatic heterocycles. The third-order valence-corrected chi connectivity index (χ3v) is 6.73. The van der Waals surface area contributed by atoms with Crippen LogP contribution in [-0.2, 0) is 18.6 Å². The molecular formula is C26H27NOS. The average molecular weight is 402 g/mol. The van der Waals surface area contributed by atoms with Gasteiger partial charge in [0.25, 0.3) is 5.91 Å². The fraction of sp³-hybridized carbons (Fsp3) is 0.269. The number of hydrogen-bond acceptors (Lipinski definition) is 2. The summed E-state index contributed by atoms with van der Waals surface area (Å²) >= 11 is 1.71. The first-order valence-electron chi connectivity index (χ1n) is 10.4. The van der Waals surface area contributed by atoms with E-state index in [1.165, 1.54) is 41.5 Å². The van der Waals surface area contributed by atoms with E-state index < -0.39 is 0 Å². The number of benzene rings is 3. The molecule has 4 rings (SSSR count). The number of hydrogen-bond donors (Lipinski definition) is 1. The van der Waals surface area contributed by atoms with E-state index >= 15 is 0 Å². The van der Waals surface area contributed by atoms with Gasteiger partial charge in [-0.2, -0.15) is 0 Å². The van der Waals surface area contributed by atoms with Gasteiger partial charge in [0.1, 0.15) is 0 Å². The molecule has 3 heteroatoms. The number of thioether (sulfide) groups is 1. The van der Waals surface area contributed by atoms with Gasteiger partial charge in [-0.15, -0.1) is 11.8 Å². The molecule has 3 aromatic rings. The van der Waals surface area contributed by atoms with Crippen molar-refractivity contribution in [1.82, 2.24) is 5.32 Å². The van der Waals surface area contributed by atoms with Crippen molar-refractivity contribution in [2.75, 3.05) is 0 Å². The van der Waals surface area contributed by atoms with Crippen LogP contribution in [0.5, 0.6) is 0 Å². The number of rotatable bonds is 6. The smallest absolute Gasteiger partial charge is 0.252 e. The van der Waals surface area contributed by atoms with E-state index in [9.17, 15) is 4.79 Å². The van der Waals surface area contributed by atoms with Crippen LogP contribution in [-0.4, -0.2) is 5.91 Å². The Kier molecular flexibility index (Phi) is 6.36. The summed E-state index contributed by atoms with van der Waals surface area (Å²) in [5, 5.41) is 3.21. The average Bonchev–Trinajstić information content (AvgIpc) is 2.78. The monoisotopic (exact) mass is 401 g/mol. The van der Waals surface area contributed by atoms with Gasteiger partial charge in [-0.1, -0.05) is 60.7 Å². The second-order valence-electron chi connectivity index (χ2n) is 7.70. The molecule has 0 heterocycles. The lowest BCUT2D eigenvalue weighted by molar-refractivity contribution is 0.0937. The number of nitrogens with one attached hydrogen (secondary N) is 1. The third-order valence-electron chi connectivity index (χ3n) is 5.59. The lowest BCUT2D eigenvalue weighted by Gasteiger charge is -2.20. The molecule has 29 heavy (non-hydrogen) atoms. The predicted molar refractivity (Wildman–Crippen MR) is 121 cm³/mol. The Labute approximate surface area is 177 Å². The molecule has 1 aliphatic rings. The van der Waals surface area contributed by atoms with Gasteiger partial charge in [-0.25, -0.2) is 0 Å². The van der Waals surface area contributed by atoms with E-state index in [1.807, 2.05) is 30.3 Å². The van der Waals surface area contributed by atoms with Crippen molar-refractivity contribution in [2.24, 2.45) is 0 Å². The van der Waals surface area contributed by atoms with Gasteiger partial charge in [0, 0.05) is 10.6 Å². The Bertz CT molecular complexity index is 983. The highest BCUT2D eigenvalue weighted by molar-refractivity contribution is 7.98. The van der Waals surface area contributed by atoms with Crippen molar-refractivity contribution < 1.29 is 4.79 Å². The van der Waals surface area contributed by atoms with Gasteiger partial charge in [-0.3, -0.25) is 4.79 Å². The van der Waals surface area contributed by atoms with Crippen LogP contribution in [0.3, 0.4) is 0 Å². The molecule has 0 unspecified atom stereocenters. The van der Waals surface area contributed by atoms with Crippen LogP contribution in [0, 0.1) is 0 Å². The van der Waals surface area contributed by atoms with Gasteiger partial charge >= 0.3 is 0 Å². The molecule has 1 aliphatic carbocycles. The highest BCUT2D eigenvalue weighted by atomic mass is 32.2. The third kappa shape index (κ3) is 4.91. The summed E-state index contributed by atoms with van der Waals surface area (Å²) in [5.41, 5.74) is 6.12. The lowest BCUT2D eigenvalue weighted by Crippen LogP contribution is -2.27. The summed E-state index contributed by atoms with van der Waals surface area (Å²) < 4.78 is 0. The second-order valence-corrected chi connectivity index (χ2v) is 8.72. The lowest BCUT2D eigenvalue weighted by atomic mass is 9.89. The number of carbonyl (C=O) groups is 1. The first-order valence-corrected chi connectivity index (χ1v) is 11.4. The number of amides is 1. The van der Waals surface area contributed by atoms with Crippen LogP contribution in [0.25, 0.3) is 0 Å². The number of fused-ring (bicyclic) bond motifs is 1. The maximum absolute atomic E-state index is 13.0. The van der Waals surface area contributed by atoms with E-state index in [1.54, 1.807) is 11.8 Å². The molecule has 1 amide bonds. The summed E-state index contributed by atoms with van der Waals surface area (Å²) in [6.45, 7) is 2.07. The van der Waals surface area contributed by atoms with Crippen LogP contribution >= 0.6 is 11.8 Å². The van der Waals surface area contributed by atoms with Crippen molar-refractivity contribution in [1.29, 1.82) is 0 Å². The SMILES string of the molecule is C[C@H](NC(=O)c1ccccc1SCc1ccccc1)c1ccc2c(c1)CCCC2. The fourth-order valence-corrected chi connectivity index (χ4v) is 4.90. The molecule has 0 spiro atoms. The maximum Gasteiger partial charge on any atom is 0.252 e. The molecule has 1 atom stereocenters. The molecule has 0 fully saturated rings. The Hall–Kier alpha value is -2.52. The minimum absolute atomic E-state index is 0.00798. The zero-order chi connectivity index (χ0) is 20.1. The Morgan fingerprint density at radius 2 is 1.66 bits per heavy atom. The van der Waals surface area contributed by atoms with Crippen LogP contribution in [0.4, 0.5) is 0 Å². The van der Waals surface area contributed by atoms with Crippen LogP contribution < -0.4 is 5.32 Å². The normalized spacial score (nSPS) is 14.1. The molecule has 0 radical (unpaired) electrons. The van der Waals surface area contributed by atoms with Crippen molar-refractivity contribution in [2.45, 2.75) is 49.3 Å². The highest BCUT2D eigenvalue weighted by Gasteiger charge is 2.17. The number of aryl methyl sites for hydroxylation is 2. The van der Waals surface area contributed by atoms with Crippen LogP contribution in [0.2, 0.25) is 0 Å². The van der Waals surface area contributed by atoms with E-state index in [2.05, 4.69) is 54.7 Å². The zero-order valence-electron chi connectivity index (χ0n) is 16.9. The van der Waals surface area contributed by atoms with Gasteiger partial charge in [0.15, 0.2) is 0 Å². The van der Waals surface area contributed by atoms with E-state index in [0.29, 0.717) is 0 Å². The molecule has 0 bridgehead atoms. The van der Waals surface area contributed by atoms with Gasteiger partial charge in [0.05, 0.1) is 11.6 Å². The molecule has 148 valence electrons. The molecule has 0 aromatic heterocycles. The van der Waals surface area contributed by atoms with Crippen molar-refractivity contribution in [3.63, 3.8) is 0 Å². The standard InChI is InChI=1S/C26H27NOS/c1-19(22-16-15-21-11-5-6-12-23(21)17-22)27-26(28)24-13-7-8-14-25(24)29-18-20-9-3-2-4-10-20/h2-4,7-10,13-17,19H,5-6,11-12,18H2,1H3,(H,27,28)/t19-/m0/s1.